The third-order valence-corrected chi connectivity index (χ3v) is 3.53. The Balaban J connectivity index is 2.23. The van der Waals surface area contributed by atoms with Gasteiger partial charge in [-0.05, 0) is 47.9 Å². The summed E-state index contributed by atoms with van der Waals surface area (Å²) in [4.78, 5) is 0. The number of hydrogen-bond donors (Lipinski definition) is 1. The van der Waals surface area contributed by atoms with E-state index in [4.69, 9.17) is 0 Å². The summed E-state index contributed by atoms with van der Waals surface area (Å²) >= 11 is 3.30. The minimum Gasteiger partial charge on any atom is -0.396 e. The average Bonchev–Trinajstić information content (AvgIpc) is 2.41. The van der Waals surface area contributed by atoms with Gasteiger partial charge in [-0.15, -0.1) is 0 Å². The van der Waals surface area contributed by atoms with Crippen molar-refractivity contribution in [2.75, 3.05) is 6.61 Å². The maximum Gasteiger partial charge on any atom is 0.126 e. The van der Waals surface area contributed by atoms with Gasteiger partial charge in [0.2, 0.25) is 0 Å². The summed E-state index contributed by atoms with van der Waals surface area (Å²) in [5.74, 6) is -0.873. The molecule has 0 saturated heterocycles. The van der Waals surface area contributed by atoms with Crippen molar-refractivity contribution in [3.63, 3.8) is 0 Å². The van der Waals surface area contributed by atoms with Crippen molar-refractivity contribution in [1.82, 2.24) is 0 Å². The third-order valence-electron chi connectivity index (χ3n) is 3.04. The normalized spacial score (nSPS) is 12.4. The summed E-state index contributed by atoms with van der Waals surface area (Å²) in [6.45, 7) is -0.114. The van der Waals surface area contributed by atoms with E-state index in [1.54, 1.807) is 24.3 Å². The molecular weight excluding hydrogens is 314 g/mol. The highest BCUT2D eigenvalue weighted by Crippen LogP contribution is 2.24. The Kier molecular flexibility index (Phi) is 4.66. The summed E-state index contributed by atoms with van der Waals surface area (Å²) < 4.78 is 27.3. The molecule has 1 N–H and O–H groups in total. The molecule has 2 aromatic rings. The summed E-state index contributed by atoms with van der Waals surface area (Å²) in [6.07, 6.45) is 0.368. The van der Waals surface area contributed by atoms with Crippen LogP contribution in [0, 0.1) is 11.6 Å². The van der Waals surface area contributed by atoms with Crippen LogP contribution in [0.2, 0.25) is 0 Å². The summed E-state index contributed by atoms with van der Waals surface area (Å²) in [5.41, 5.74) is 1.32. The SMILES string of the molecule is OCC(Cc1cc(Br)ccc1F)c1ccc(F)cc1. The molecule has 0 aliphatic rings. The van der Waals surface area contributed by atoms with Crippen LogP contribution in [0.15, 0.2) is 46.9 Å². The predicted octanol–water partition coefficient (Wildman–Crippen LogP) is 4.05. The molecule has 0 bridgehead atoms. The van der Waals surface area contributed by atoms with Gasteiger partial charge in [-0.2, -0.15) is 0 Å². The van der Waals surface area contributed by atoms with Crippen molar-refractivity contribution in [3.05, 3.63) is 69.7 Å². The minimum absolute atomic E-state index is 0.114. The molecule has 1 atom stereocenters. The molecule has 0 spiro atoms. The first kappa shape index (κ1) is 14.2. The highest BCUT2D eigenvalue weighted by Gasteiger charge is 2.14. The fraction of sp³-hybridized carbons (Fsp3) is 0.200. The first-order chi connectivity index (χ1) is 9.10. The van der Waals surface area contributed by atoms with Gasteiger partial charge in [-0.25, -0.2) is 8.78 Å². The van der Waals surface area contributed by atoms with Gasteiger partial charge in [0.15, 0.2) is 0 Å². The van der Waals surface area contributed by atoms with Gasteiger partial charge in [-0.3, -0.25) is 0 Å². The Hall–Kier alpha value is -1.26. The van der Waals surface area contributed by atoms with Gasteiger partial charge in [0.05, 0.1) is 6.61 Å². The lowest BCUT2D eigenvalue weighted by molar-refractivity contribution is 0.263. The first-order valence-corrected chi connectivity index (χ1v) is 6.69. The van der Waals surface area contributed by atoms with Gasteiger partial charge in [0.1, 0.15) is 11.6 Å². The van der Waals surface area contributed by atoms with Crippen LogP contribution < -0.4 is 0 Å². The molecule has 4 heteroatoms. The fourth-order valence-electron chi connectivity index (χ4n) is 1.99. The summed E-state index contributed by atoms with van der Waals surface area (Å²) in [5, 5.41) is 9.44. The molecule has 0 radical (unpaired) electrons. The molecule has 2 rings (SSSR count). The van der Waals surface area contributed by atoms with Gasteiger partial charge in [-0.1, -0.05) is 28.1 Å². The molecule has 1 nitrogen and oxygen atoms in total. The molecule has 100 valence electrons. The van der Waals surface area contributed by atoms with Gasteiger partial charge in [0.25, 0.3) is 0 Å². The molecule has 0 aliphatic carbocycles. The molecule has 19 heavy (non-hydrogen) atoms. The number of hydrogen-bond acceptors (Lipinski definition) is 1. The van der Waals surface area contributed by atoms with Crippen molar-refractivity contribution in [2.45, 2.75) is 12.3 Å². The van der Waals surface area contributed by atoms with E-state index >= 15 is 0 Å². The molecule has 0 amide bonds. The second-order valence-electron chi connectivity index (χ2n) is 4.37. The summed E-state index contributed by atoms with van der Waals surface area (Å²) in [6, 6.07) is 10.6. The van der Waals surface area contributed by atoms with Gasteiger partial charge in [0, 0.05) is 10.4 Å². The van der Waals surface area contributed by atoms with E-state index < -0.39 is 0 Å². The molecule has 0 fully saturated rings. The number of halogens is 3. The van der Waals surface area contributed by atoms with Crippen molar-refractivity contribution in [1.29, 1.82) is 0 Å². The molecule has 0 aliphatic heterocycles. The third kappa shape index (κ3) is 3.61. The maximum atomic E-state index is 13.7. The van der Waals surface area contributed by atoms with Crippen LogP contribution in [0.25, 0.3) is 0 Å². The zero-order valence-electron chi connectivity index (χ0n) is 10.1. The fourth-order valence-corrected chi connectivity index (χ4v) is 2.40. The molecule has 0 heterocycles. The second-order valence-corrected chi connectivity index (χ2v) is 5.29. The molecule has 1 unspecified atom stereocenters. The Bertz CT molecular complexity index is 555. The van der Waals surface area contributed by atoms with Gasteiger partial charge < -0.3 is 5.11 Å². The lowest BCUT2D eigenvalue weighted by Gasteiger charge is -2.15. The van der Waals surface area contributed by atoms with E-state index in [1.165, 1.54) is 18.2 Å². The van der Waals surface area contributed by atoms with Crippen LogP contribution in [0.5, 0.6) is 0 Å². The first-order valence-electron chi connectivity index (χ1n) is 5.90. The lowest BCUT2D eigenvalue weighted by Crippen LogP contribution is -2.09. The highest BCUT2D eigenvalue weighted by molar-refractivity contribution is 9.10. The second kappa shape index (κ2) is 6.26. The monoisotopic (exact) mass is 326 g/mol. The van der Waals surface area contributed by atoms with E-state index in [1.807, 2.05) is 0 Å². The number of aliphatic hydroxyl groups is 1. The standard InChI is InChI=1S/C15H13BrF2O/c16-13-3-6-15(18)11(8-13)7-12(9-19)10-1-4-14(17)5-2-10/h1-6,8,12,19H,7,9H2. The van der Waals surface area contributed by atoms with Crippen LogP contribution in [0.3, 0.4) is 0 Å². The largest absolute Gasteiger partial charge is 0.396 e. The Labute approximate surface area is 119 Å². The molecule has 2 aromatic carbocycles. The van der Waals surface area contributed by atoms with E-state index in [-0.39, 0.29) is 24.2 Å². The van der Waals surface area contributed by atoms with E-state index in [0.29, 0.717) is 12.0 Å². The Morgan fingerprint density at radius 2 is 1.74 bits per heavy atom. The van der Waals surface area contributed by atoms with Gasteiger partial charge >= 0.3 is 0 Å². The number of benzene rings is 2. The van der Waals surface area contributed by atoms with Crippen LogP contribution >= 0.6 is 15.9 Å². The van der Waals surface area contributed by atoms with Crippen molar-refractivity contribution in [2.24, 2.45) is 0 Å². The maximum absolute atomic E-state index is 13.7. The molecular formula is C15H13BrF2O. The number of rotatable bonds is 4. The Morgan fingerprint density at radius 3 is 2.37 bits per heavy atom. The van der Waals surface area contributed by atoms with Crippen LogP contribution in [0.4, 0.5) is 8.78 Å². The van der Waals surface area contributed by atoms with Crippen LogP contribution in [-0.4, -0.2) is 11.7 Å². The smallest absolute Gasteiger partial charge is 0.126 e. The highest BCUT2D eigenvalue weighted by atomic mass is 79.9. The summed E-state index contributed by atoms with van der Waals surface area (Å²) in [7, 11) is 0. The molecule has 0 saturated carbocycles. The zero-order valence-corrected chi connectivity index (χ0v) is 11.7. The lowest BCUT2D eigenvalue weighted by atomic mass is 9.92. The van der Waals surface area contributed by atoms with Crippen LogP contribution in [0.1, 0.15) is 17.0 Å². The van der Waals surface area contributed by atoms with E-state index in [9.17, 15) is 13.9 Å². The predicted molar refractivity (Wildman–Crippen MR) is 74.0 cm³/mol. The quantitative estimate of drug-likeness (QED) is 0.898. The van der Waals surface area contributed by atoms with E-state index in [2.05, 4.69) is 15.9 Å². The van der Waals surface area contributed by atoms with Crippen molar-refractivity contribution in [3.8, 4) is 0 Å². The number of aliphatic hydroxyl groups excluding tert-OH is 1. The van der Waals surface area contributed by atoms with E-state index in [0.717, 1.165) is 10.0 Å². The molecule has 0 aromatic heterocycles. The van der Waals surface area contributed by atoms with Crippen LogP contribution in [-0.2, 0) is 6.42 Å². The minimum atomic E-state index is -0.325. The zero-order chi connectivity index (χ0) is 13.8. The van der Waals surface area contributed by atoms with Crippen molar-refractivity contribution < 1.29 is 13.9 Å². The Morgan fingerprint density at radius 1 is 1.05 bits per heavy atom. The topological polar surface area (TPSA) is 20.2 Å². The van der Waals surface area contributed by atoms with Crippen molar-refractivity contribution >= 4 is 15.9 Å². The average molecular weight is 327 g/mol.